The van der Waals surface area contributed by atoms with E-state index in [4.69, 9.17) is 9.47 Å². The molecule has 1 heterocycles. The zero-order valence-electron chi connectivity index (χ0n) is 9.19. The highest BCUT2D eigenvalue weighted by atomic mass is 16.5. The van der Waals surface area contributed by atoms with Crippen molar-refractivity contribution in [2.24, 2.45) is 5.92 Å². The molecule has 0 N–H and O–H groups in total. The Morgan fingerprint density at radius 1 is 1.33 bits per heavy atom. The van der Waals surface area contributed by atoms with Crippen LogP contribution < -0.4 is 4.74 Å². The third kappa shape index (κ3) is 1.90. The highest BCUT2D eigenvalue weighted by Gasteiger charge is 2.28. The van der Waals surface area contributed by atoms with Crippen LogP contribution in [0.3, 0.4) is 0 Å². The Morgan fingerprint density at radius 3 is 2.47 bits per heavy atom. The second-order valence-electron chi connectivity index (χ2n) is 3.95. The maximum absolute atomic E-state index is 5.70. The van der Waals surface area contributed by atoms with E-state index in [2.05, 4.69) is 25.6 Å². The van der Waals surface area contributed by atoms with Gasteiger partial charge < -0.3 is 9.47 Å². The van der Waals surface area contributed by atoms with E-state index in [0.29, 0.717) is 12.5 Å². The largest absolute Gasteiger partial charge is 0.497 e. The van der Waals surface area contributed by atoms with E-state index in [-0.39, 0.29) is 6.10 Å². The molecule has 0 unspecified atom stereocenters. The van der Waals surface area contributed by atoms with Crippen LogP contribution >= 0.6 is 0 Å². The van der Waals surface area contributed by atoms with E-state index in [1.54, 1.807) is 7.11 Å². The molecular weight excluding hydrogens is 188 g/mol. The first-order chi connectivity index (χ1) is 7.22. The van der Waals surface area contributed by atoms with E-state index < -0.39 is 0 Å². The van der Waals surface area contributed by atoms with Crippen LogP contribution in [-0.2, 0) is 4.74 Å². The van der Waals surface area contributed by atoms with Gasteiger partial charge in [-0.25, -0.2) is 0 Å². The molecule has 2 atom stereocenters. The molecule has 0 spiro atoms. The minimum atomic E-state index is 0.156. The van der Waals surface area contributed by atoms with Gasteiger partial charge in [-0.1, -0.05) is 25.6 Å². The third-order valence-corrected chi connectivity index (χ3v) is 2.99. The summed E-state index contributed by atoms with van der Waals surface area (Å²) < 4.78 is 10.8. The monoisotopic (exact) mass is 204 g/mol. The minimum absolute atomic E-state index is 0.156. The lowest BCUT2D eigenvalue weighted by Gasteiger charge is -2.15. The Bertz CT molecular complexity index is 353. The molecule has 0 aliphatic carbocycles. The molecule has 15 heavy (non-hydrogen) atoms. The van der Waals surface area contributed by atoms with Crippen molar-refractivity contribution in [1.29, 1.82) is 0 Å². The molecule has 1 aromatic rings. The van der Waals surface area contributed by atoms with Crippen LogP contribution in [0.25, 0.3) is 0 Å². The predicted molar refractivity (Wildman–Crippen MR) is 60.0 cm³/mol. The molecule has 1 aliphatic rings. The summed E-state index contributed by atoms with van der Waals surface area (Å²) in [5.74, 6) is 1.28. The topological polar surface area (TPSA) is 18.5 Å². The smallest absolute Gasteiger partial charge is 0.118 e. The van der Waals surface area contributed by atoms with Crippen molar-refractivity contribution in [3.05, 3.63) is 42.0 Å². The lowest BCUT2D eigenvalue weighted by atomic mass is 9.94. The number of rotatable bonds is 2. The van der Waals surface area contributed by atoms with Crippen LogP contribution in [0.15, 0.2) is 36.4 Å². The second-order valence-corrected chi connectivity index (χ2v) is 3.95. The summed E-state index contributed by atoms with van der Waals surface area (Å²) in [4.78, 5) is 0. The van der Waals surface area contributed by atoms with Gasteiger partial charge in [-0.3, -0.25) is 0 Å². The number of methoxy groups -OCH3 is 1. The van der Waals surface area contributed by atoms with Gasteiger partial charge in [0.2, 0.25) is 0 Å². The van der Waals surface area contributed by atoms with E-state index in [0.717, 1.165) is 5.75 Å². The van der Waals surface area contributed by atoms with Gasteiger partial charge in [0.05, 0.1) is 19.8 Å². The minimum Gasteiger partial charge on any atom is -0.497 e. The Labute approximate surface area is 90.5 Å². The fraction of sp³-hybridized carbons (Fsp3) is 0.385. The van der Waals surface area contributed by atoms with Crippen LogP contribution in [0.1, 0.15) is 18.6 Å². The fourth-order valence-electron chi connectivity index (χ4n) is 1.87. The number of hydrogen-bond acceptors (Lipinski definition) is 2. The summed E-state index contributed by atoms with van der Waals surface area (Å²) >= 11 is 0. The number of ether oxygens (including phenoxy) is 2. The summed E-state index contributed by atoms with van der Waals surface area (Å²) in [6.45, 7) is 6.83. The van der Waals surface area contributed by atoms with Crippen molar-refractivity contribution in [2.75, 3.05) is 13.7 Å². The van der Waals surface area contributed by atoms with Gasteiger partial charge in [-0.15, -0.1) is 0 Å². The first kappa shape index (κ1) is 10.2. The highest BCUT2D eigenvalue weighted by Crippen LogP contribution is 2.37. The fourth-order valence-corrected chi connectivity index (χ4v) is 1.87. The van der Waals surface area contributed by atoms with Crippen molar-refractivity contribution in [3.63, 3.8) is 0 Å². The quantitative estimate of drug-likeness (QED) is 0.689. The van der Waals surface area contributed by atoms with E-state index in [9.17, 15) is 0 Å². The second kappa shape index (κ2) is 4.07. The van der Waals surface area contributed by atoms with Crippen LogP contribution in [0.2, 0.25) is 0 Å². The van der Waals surface area contributed by atoms with E-state index >= 15 is 0 Å². The molecule has 2 rings (SSSR count). The maximum atomic E-state index is 5.70. The molecule has 1 aromatic carbocycles. The molecule has 0 bridgehead atoms. The lowest BCUT2D eigenvalue weighted by Crippen LogP contribution is -2.04. The Kier molecular flexibility index (Phi) is 2.78. The molecule has 0 amide bonds. The Balaban J connectivity index is 2.19. The van der Waals surface area contributed by atoms with Gasteiger partial charge in [-0.2, -0.15) is 0 Å². The van der Waals surface area contributed by atoms with Crippen LogP contribution in [0, 0.1) is 5.92 Å². The van der Waals surface area contributed by atoms with Crippen LogP contribution in [0.4, 0.5) is 0 Å². The summed E-state index contributed by atoms with van der Waals surface area (Å²) in [5, 5.41) is 0. The van der Waals surface area contributed by atoms with Gasteiger partial charge >= 0.3 is 0 Å². The first-order valence-corrected chi connectivity index (χ1v) is 5.15. The Morgan fingerprint density at radius 2 is 2.00 bits per heavy atom. The highest BCUT2D eigenvalue weighted by molar-refractivity contribution is 5.30. The van der Waals surface area contributed by atoms with E-state index in [1.165, 1.54) is 11.1 Å². The van der Waals surface area contributed by atoms with Crippen LogP contribution in [0.5, 0.6) is 5.75 Å². The molecule has 80 valence electrons. The van der Waals surface area contributed by atoms with Crippen molar-refractivity contribution < 1.29 is 9.47 Å². The van der Waals surface area contributed by atoms with Crippen molar-refractivity contribution in [2.45, 2.75) is 13.0 Å². The van der Waals surface area contributed by atoms with Gasteiger partial charge in [-0.05, 0) is 23.3 Å². The average Bonchev–Trinajstić information content (AvgIpc) is 2.60. The molecule has 1 fully saturated rings. The number of benzene rings is 1. The lowest BCUT2D eigenvalue weighted by molar-refractivity contribution is 0.0950. The van der Waals surface area contributed by atoms with Crippen molar-refractivity contribution >= 4 is 0 Å². The van der Waals surface area contributed by atoms with Gasteiger partial charge in [0, 0.05) is 5.92 Å². The molecule has 1 aliphatic heterocycles. The standard InChI is InChI=1S/C13H16O2/c1-9-8-15-13(10(9)2)11-4-6-12(14-3)7-5-11/h4-7,10,13H,1,8H2,2-3H3/t10-,13-/m1/s1. The summed E-state index contributed by atoms with van der Waals surface area (Å²) in [7, 11) is 1.67. The molecule has 0 saturated carbocycles. The molecule has 1 saturated heterocycles. The van der Waals surface area contributed by atoms with Crippen molar-refractivity contribution in [1.82, 2.24) is 0 Å². The van der Waals surface area contributed by atoms with Crippen molar-refractivity contribution in [3.8, 4) is 5.75 Å². The average molecular weight is 204 g/mol. The van der Waals surface area contributed by atoms with Gasteiger partial charge in [0.25, 0.3) is 0 Å². The van der Waals surface area contributed by atoms with Crippen LogP contribution in [-0.4, -0.2) is 13.7 Å². The third-order valence-electron chi connectivity index (χ3n) is 2.99. The van der Waals surface area contributed by atoms with Gasteiger partial charge in [0.1, 0.15) is 5.75 Å². The molecule has 0 aromatic heterocycles. The normalized spacial score (nSPS) is 25.6. The molecule has 0 radical (unpaired) electrons. The zero-order chi connectivity index (χ0) is 10.8. The predicted octanol–water partition coefficient (Wildman–Crippen LogP) is 2.96. The number of hydrogen-bond donors (Lipinski definition) is 0. The van der Waals surface area contributed by atoms with Gasteiger partial charge in [0.15, 0.2) is 0 Å². The summed E-state index contributed by atoms with van der Waals surface area (Å²) in [6, 6.07) is 8.04. The molecule has 2 nitrogen and oxygen atoms in total. The SMILES string of the molecule is C=C1CO[C@@H](c2ccc(OC)cc2)[C@@H]1C. The summed E-state index contributed by atoms with van der Waals surface area (Å²) in [6.07, 6.45) is 0.156. The first-order valence-electron chi connectivity index (χ1n) is 5.15. The Hall–Kier alpha value is -1.28. The zero-order valence-corrected chi connectivity index (χ0v) is 9.19. The van der Waals surface area contributed by atoms with E-state index in [1.807, 2.05) is 12.1 Å². The molecular formula is C13H16O2. The summed E-state index contributed by atoms with van der Waals surface area (Å²) in [5.41, 5.74) is 2.37. The maximum Gasteiger partial charge on any atom is 0.118 e. The molecule has 2 heteroatoms.